The Balaban J connectivity index is 3.96. The van der Waals surface area contributed by atoms with Crippen LogP contribution in [0.1, 0.15) is 34.1 Å². The summed E-state index contributed by atoms with van der Waals surface area (Å²) in [5.41, 5.74) is -0.477. The minimum absolute atomic E-state index is 0.109. The highest BCUT2D eigenvalue weighted by atomic mass is 16.5. The third-order valence-electron chi connectivity index (χ3n) is 1.84. The van der Waals surface area contributed by atoms with Gasteiger partial charge in [-0.2, -0.15) is 0 Å². The second-order valence-electron chi connectivity index (χ2n) is 3.52. The molecule has 0 saturated heterocycles. The van der Waals surface area contributed by atoms with Crippen molar-refractivity contribution in [2.75, 3.05) is 6.61 Å². The van der Waals surface area contributed by atoms with Crippen molar-refractivity contribution < 1.29 is 14.3 Å². The molecule has 0 aromatic carbocycles. The van der Waals surface area contributed by atoms with Gasteiger partial charge in [0, 0.05) is 0 Å². The monoisotopic (exact) mass is 172 g/mol. The lowest BCUT2D eigenvalue weighted by molar-refractivity contribution is -0.156. The highest BCUT2D eigenvalue weighted by Gasteiger charge is 2.27. The number of hydrogen-bond donors (Lipinski definition) is 0. The summed E-state index contributed by atoms with van der Waals surface area (Å²) in [5, 5.41) is 0. The number of carbonyl (C=O) groups is 2. The van der Waals surface area contributed by atoms with Crippen LogP contribution in [-0.4, -0.2) is 18.4 Å². The zero-order valence-electron chi connectivity index (χ0n) is 8.14. The molecule has 0 saturated carbocycles. The van der Waals surface area contributed by atoms with E-state index in [0.717, 1.165) is 0 Å². The number of carbonyl (C=O) groups excluding carboxylic acids is 2. The lowest BCUT2D eigenvalue weighted by Gasteiger charge is -2.19. The summed E-state index contributed by atoms with van der Waals surface area (Å²) in [6.45, 7) is 6.80. The highest BCUT2D eigenvalue weighted by molar-refractivity contribution is 5.82. The molecule has 0 bridgehead atoms. The Hall–Kier alpha value is -0.860. The van der Waals surface area contributed by atoms with Crippen molar-refractivity contribution in [3.63, 3.8) is 0 Å². The lowest BCUT2D eigenvalue weighted by atomic mass is 9.91. The van der Waals surface area contributed by atoms with Crippen molar-refractivity contribution in [3.05, 3.63) is 0 Å². The first-order valence-corrected chi connectivity index (χ1v) is 4.07. The fourth-order valence-corrected chi connectivity index (χ4v) is 0.507. The zero-order chi connectivity index (χ0) is 9.78. The predicted octanol–water partition coefficient (Wildman–Crippen LogP) is 1.55. The molecule has 0 aromatic rings. The average Bonchev–Trinajstić information content (AvgIpc) is 2.00. The van der Waals surface area contributed by atoms with Crippen LogP contribution in [0.3, 0.4) is 0 Å². The molecular weight excluding hydrogens is 156 g/mol. The van der Waals surface area contributed by atoms with Crippen LogP contribution in [0.5, 0.6) is 0 Å². The molecule has 0 N–H and O–H groups in total. The van der Waals surface area contributed by atoms with Gasteiger partial charge in [-0.25, -0.2) is 0 Å². The van der Waals surface area contributed by atoms with Gasteiger partial charge in [0.2, 0.25) is 0 Å². The van der Waals surface area contributed by atoms with Crippen molar-refractivity contribution >= 4 is 11.8 Å². The van der Waals surface area contributed by atoms with Crippen LogP contribution < -0.4 is 0 Å². The minimum Gasteiger partial charge on any atom is -0.457 e. The molecule has 12 heavy (non-hydrogen) atoms. The van der Waals surface area contributed by atoms with Gasteiger partial charge in [0.25, 0.3) is 0 Å². The molecule has 70 valence electrons. The summed E-state index contributed by atoms with van der Waals surface area (Å²) < 4.78 is 4.77. The molecule has 0 rings (SSSR count). The Morgan fingerprint density at radius 3 is 2.17 bits per heavy atom. The van der Waals surface area contributed by atoms with Crippen molar-refractivity contribution in [2.24, 2.45) is 5.41 Å². The molecule has 0 spiro atoms. The van der Waals surface area contributed by atoms with Gasteiger partial charge < -0.3 is 4.74 Å². The van der Waals surface area contributed by atoms with Gasteiger partial charge >= 0.3 is 5.97 Å². The Labute approximate surface area is 73.1 Å². The van der Waals surface area contributed by atoms with Gasteiger partial charge in [-0.1, -0.05) is 6.92 Å². The van der Waals surface area contributed by atoms with Crippen LogP contribution in [0.25, 0.3) is 0 Å². The summed E-state index contributed by atoms with van der Waals surface area (Å²) in [5.74, 6) is -0.435. The first-order valence-electron chi connectivity index (χ1n) is 4.07. The molecule has 0 atom stereocenters. The Morgan fingerprint density at radius 1 is 1.33 bits per heavy atom. The number of esters is 1. The van der Waals surface area contributed by atoms with Crippen molar-refractivity contribution in [2.45, 2.75) is 34.1 Å². The lowest BCUT2D eigenvalue weighted by Crippen LogP contribution is -2.27. The van der Waals surface area contributed by atoms with E-state index < -0.39 is 5.41 Å². The third-order valence-corrected chi connectivity index (χ3v) is 1.84. The molecule has 0 radical (unpaired) electrons. The van der Waals surface area contributed by atoms with Crippen molar-refractivity contribution in [3.8, 4) is 0 Å². The van der Waals surface area contributed by atoms with Gasteiger partial charge in [-0.3, -0.25) is 9.59 Å². The fourth-order valence-electron chi connectivity index (χ4n) is 0.507. The van der Waals surface area contributed by atoms with Crippen molar-refractivity contribution in [1.29, 1.82) is 0 Å². The zero-order valence-corrected chi connectivity index (χ0v) is 8.14. The maximum Gasteiger partial charge on any atom is 0.311 e. The standard InChI is InChI=1S/C9H16O3/c1-5-9(3,4)8(11)12-6-7(2)10/h5-6H2,1-4H3. The molecule has 0 aliphatic rings. The van der Waals surface area contributed by atoms with Crippen LogP contribution >= 0.6 is 0 Å². The first kappa shape index (κ1) is 11.1. The van der Waals surface area contributed by atoms with Crippen LogP contribution in [0.15, 0.2) is 0 Å². The smallest absolute Gasteiger partial charge is 0.311 e. The number of hydrogen-bond acceptors (Lipinski definition) is 3. The molecule has 3 heteroatoms. The maximum absolute atomic E-state index is 11.2. The average molecular weight is 172 g/mol. The second-order valence-corrected chi connectivity index (χ2v) is 3.52. The Morgan fingerprint density at radius 2 is 1.83 bits per heavy atom. The number of ether oxygens (including phenoxy) is 1. The molecule has 0 fully saturated rings. The summed E-state index contributed by atoms with van der Waals surface area (Å²) >= 11 is 0. The van der Waals surface area contributed by atoms with Crippen LogP contribution in [0, 0.1) is 5.41 Å². The quantitative estimate of drug-likeness (QED) is 0.604. The van der Waals surface area contributed by atoms with E-state index >= 15 is 0 Å². The molecule has 0 aromatic heterocycles. The minimum atomic E-state index is -0.477. The van der Waals surface area contributed by atoms with Gasteiger partial charge in [0.15, 0.2) is 5.78 Å². The van der Waals surface area contributed by atoms with E-state index in [9.17, 15) is 9.59 Å². The van der Waals surface area contributed by atoms with E-state index in [1.54, 1.807) is 13.8 Å². The van der Waals surface area contributed by atoms with E-state index in [4.69, 9.17) is 4.74 Å². The van der Waals surface area contributed by atoms with Gasteiger partial charge in [0.1, 0.15) is 6.61 Å². The van der Waals surface area contributed by atoms with Crippen LogP contribution in [0.4, 0.5) is 0 Å². The topological polar surface area (TPSA) is 43.4 Å². The molecule has 3 nitrogen and oxygen atoms in total. The van der Waals surface area contributed by atoms with E-state index in [0.29, 0.717) is 6.42 Å². The SMILES string of the molecule is CCC(C)(C)C(=O)OCC(C)=O. The molecule has 0 heterocycles. The van der Waals surface area contributed by atoms with E-state index in [1.165, 1.54) is 6.92 Å². The Bertz CT molecular complexity index is 182. The van der Waals surface area contributed by atoms with Gasteiger partial charge in [-0.15, -0.1) is 0 Å². The Kier molecular flexibility index (Phi) is 3.93. The predicted molar refractivity (Wildman–Crippen MR) is 45.7 cm³/mol. The van der Waals surface area contributed by atoms with E-state index in [1.807, 2.05) is 6.92 Å². The normalized spacial score (nSPS) is 11.0. The largest absolute Gasteiger partial charge is 0.457 e. The highest BCUT2D eigenvalue weighted by Crippen LogP contribution is 2.21. The first-order chi connectivity index (χ1) is 5.40. The summed E-state index contributed by atoms with van der Waals surface area (Å²) in [6, 6.07) is 0. The molecule has 0 aliphatic heterocycles. The van der Waals surface area contributed by atoms with Crippen molar-refractivity contribution in [1.82, 2.24) is 0 Å². The van der Waals surface area contributed by atoms with Gasteiger partial charge in [0.05, 0.1) is 5.41 Å². The molecule has 0 amide bonds. The fraction of sp³-hybridized carbons (Fsp3) is 0.778. The second kappa shape index (κ2) is 4.24. The number of Topliss-reactive ketones (excluding diaryl/α,β-unsaturated/α-hetero) is 1. The van der Waals surface area contributed by atoms with E-state index in [2.05, 4.69) is 0 Å². The summed E-state index contributed by atoms with van der Waals surface area (Å²) in [7, 11) is 0. The van der Waals surface area contributed by atoms with E-state index in [-0.39, 0.29) is 18.4 Å². The molecule has 0 aliphatic carbocycles. The van der Waals surface area contributed by atoms with Crippen LogP contribution in [0.2, 0.25) is 0 Å². The maximum atomic E-state index is 11.2. The number of ketones is 1. The van der Waals surface area contributed by atoms with Crippen LogP contribution in [-0.2, 0) is 14.3 Å². The third kappa shape index (κ3) is 3.51. The summed E-state index contributed by atoms with van der Waals surface area (Å²) in [6.07, 6.45) is 0.712. The number of rotatable bonds is 4. The molecular formula is C9H16O3. The summed E-state index contributed by atoms with van der Waals surface area (Å²) in [4.78, 5) is 21.7. The molecule has 0 unspecified atom stereocenters. The van der Waals surface area contributed by atoms with Gasteiger partial charge in [-0.05, 0) is 27.2 Å².